The average molecular weight is 516 g/mol. The summed E-state index contributed by atoms with van der Waals surface area (Å²) in [6.07, 6.45) is 8.02. The fourth-order valence-corrected chi connectivity index (χ4v) is 5.19. The van der Waals surface area contributed by atoms with Crippen molar-refractivity contribution in [1.82, 2.24) is 4.57 Å². The number of hydrogen-bond acceptors (Lipinski definition) is 4. The fraction of sp³-hybridized carbons (Fsp3) is 0.407. The van der Waals surface area contributed by atoms with Crippen molar-refractivity contribution in [3.8, 4) is 17.6 Å². The van der Waals surface area contributed by atoms with Crippen molar-refractivity contribution in [2.24, 2.45) is 0 Å². The van der Waals surface area contributed by atoms with E-state index >= 15 is 0 Å². The second-order valence-electron chi connectivity index (χ2n) is 8.82. The molecule has 35 heavy (non-hydrogen) atoms. The van der Waals surface area contributed by atoms with Gasteiger partial charge in [-0.15, -0.1) is 11.8 Å². The first kappa shape index (κ1) is 25.7. The Kier molecular flexibility index (Phi) is 8.46. The van der Waals surface area contributed by atoms with E-state index in [2.05, 4.69) is 22.5 Å². The van der Waals surface area contributed by atoms with Gasteiger partial charge in [-0.2, -0.15) is 0 Å². The molecule has 3 aromatic rings. The Balaban J connectivity index is 1.60. The van der Waals surface area contributed by atoms with Gasteiger partial charge < -0.3 is 19.9 Å². The fourth-order valence-electron chi connectivity index (χ4n) is 4.58. The molecule has 2 N–H and O–H groups in total. The van der Waals surface area contributed by atoms with E-state index < -0.39 is 12.2 Å². The molecule has 8 heteroatoms. The first-order chi connectivity index (χ1) is 16.9. The molecule has 0 aliphatic heterocycles. The van der Waals surface area contributed by atoms with Gasteiger partial charge in [0.15, 0.2) is 0 Å². The second-order valence-corrected chi connectivity index (χ2v) is 10.5. The lowest BCUT2D eigenvalue weighted by Gasteiger charge is -2.24. The molecule has 1 unspecified atom stereocenters. The van der Waals surface area contributed by atoms with Gasteiger partial charge in [0, 0.05) is 22.0 Å². The minimum Gasteiger partial charge on any atom is -0.495 e. The maximum Gasteiger partial charge on any atom is 0.276 e. The highest BCUT2D eigenvalue weighted by Gasteiger charge is 2.25. The van der Waals surface area contributed by atoms with Crippen LogP contribution in [0.5, 0.6) is 5.75 Å². The quantitative estimate of drug-likeness (QED) is 0.192. The van der Waals surface area contributed by atoms with Gasteiger partial charge in [-0.1, -0.05) is 40.5 Å². The van der Waals surface area contributed by atoms with E-state index in [0.29, 0.717) is 18.3 Å². The van der Waals surface area contributed by atoms with Crippen molar-refractivity contribution in [2.75, 3.05) is 30.5 Å². The number of halogens is 2. The maximum atomic E-state index is 14.1. The predicted molar refractivity (Wildman–Crippen MR) is 147 cm³/mol. The Bertz CT molecular complexity index is 1220. The summed E-state index contributed by atoms with van der Waals surface area (Å²) < 4.78 is 35.2. The van der Waals surface area contributed by atoms with E-state index in [1.54, 1.807) is 32.7 Å². The molecule has 1 heterocycles. The van der Waals surface area contributed by atoms with Gasteiger partial charge in [-0.3, -0.25) is 0 Å². The lowest BCUT2D eigenvalue weighted by Crippen LogP contribution is -2.22. The lowest BCUT2D eigenvalue weighted by atomic mass is 9.95. The van der Waals surface area contributed by atoms with Gasteiger partial charge in [-0.05, 0) is 61.4 Å². The number of methoxy groups -OCH3 is 1. The monoisotopic (exact) mass is 515 g/mol. The zero-order valence-electron chi connectivity index (χ0n) is 20.2. The number of nitrogens with one attached hydrogen (secondary N) is 2. The van der Waals surface area contributed by atoms with Crippen LogP contribution in [0.1, 0.15) is 37.8 Å². The number of hydrogen-bond donors (Lipinski definition) is 2. The third-order valence-electron chi connectivity index (χ3n) is 6.27. The molecule has 1 saturated carbocycles. The molecule has 1 aliphatic carbocycles. The second kappa shape index (κ2) is 11.5. The number of aromatic nitrogens is 1. The number of fused-ring (bicyclic) bond motifs is 1. The summed E-state index contributed by atoms with van der Waals surface area (Å²) in [5.41, 5.74) is 0.237. The number of thioether (sulfide) groups is 1. The van der Waals surface area contributed by atoms with Crippen molar-refractivity contribution in [2.45, 2.75) is 55.2 Å². The van der Waals surface area contributed by atoms with Gasteiger partial charge in [-0.25, -0.2) is 8.78 Å². The normalized spacial score (nSPS) is 14.4. The molecule has 2 aromatic carbocycles. The number of rotatable bonds is 8. The third kappa shape index (κ3) is 6.63. The summed E-state index contributed by atoms with van der Waals surface area (Å²) in [6.45, 7) is -0.0869. The number of nitrogens with zero attached hydrogens (tertiary/aromatic N) is 1. The highest BCUT2D eigenvalue weighted by atomic mass is 32.2. The van der Waals surface area contributed by atoms with Crippen LogP contribution in [0.15, 0.2) is 47.4 Å². The molecule has 0 saturated heterocycles. The maximum absolute atomic E-state index is 14.1. The van der Waals surface area contributed by atoms with Crippen molar-refractivity contribution in [3.05, 3.63) is 48.2 Å². The van der Waals surface area contributed by atoms with Gasteiger partial charge in [0.25, 0.3) is 5.66 Å². The molecule has 1 aromatic heterocycles. The molecule has 186 valence electrons. The van der Waals surface area contributed by atoms with E-state index in [9.17, 15) is 8.78 Å². The molecule has 4 nitrogen and oxygen atoms in total. The highest BCUT2D eigenvalue weighted by molar-refractivity contribution is 7.98. The summed E-state index contributed by atoms with van der Waals surface area (Å²) in [4.78, 5) is 1.11. The standard InChI is InChI=1S/C27H32F2N3OPS/c1-33-26-17-21(35-2)13-14-24(26)30-15-7-10-20-16-22-23(31-19-8-4-3-5-9-19)11-6-12-25(22)32(20)18-27(28,29)34/h6,11-14,16-17,19,30-31H,3-5,8-9,15,18,34H2,1-2H3. The van der Waals surface area contributed by atoms with Crippen molar-refractivity contribution in [1.29, 1.82) is 0 Å². The zero-order valence-corrected chi connectivity index (χ0v) is 22.1. The largest absolute Gasteiger partial charge is 0.495 e. The van der Waals surface area contributed by atoms with Gasteiger partial charge in [0.1, 0.15) is 5.75 Å². The number of benzene rings is 2. The van der Waals surface area contributed by atoms with E-state index in [0.717, 1.165) is 45.8 Å². The molecule has 0 spiro atoms. The lowest BCUT2D eigenvalue weighted by molar-refractivity contribution is 0.0851. The molecular weight excluding hydrogens is 483 g/mol. The van der Waals surface area contributed by atoms with Crippen LogP contribution in [0.25, 0.3) is 10.9 Å². The zero-order chi connectivity index (χ0) is 24.8. The molecular formula is C27H32F2N3OPS. The van der Waals surface area contributed by atoms with E-state index in [4.69, 9.17) is 4.74 Å². The number of alkyl halides is 2. The van der Waals surface area contributed by atoms with Gasteiger partial charge in [0.05, 0.1) is 37.1 Å². The summed E-state index contributed by atoms with van der Waals surface area (Å²) >= 11 is 1.65. The topological polar surface area (TPSA) is 38.2 Å². The van der Waals surface area contributed by atoms with E-state index in [1.807, 2.05) is 48.7 Å². The average Bonchev–Trinajstić information content (AvgIpc) is 3.19. The Morgan fingerprint density at radius 3 is 2.66 bits per heavy atom. The summed E-state index contributed by atoms with van der Waals surface area (Å²) in [5.74, 6) is 6.97. The molecule has 0 bridgehead atoms. The predicted octanol–water partition coefficient (Wildman–Crippen LogP) is 7.05. The SMILES string of the molecule is COc1cc(SC)ccc1NCC#Cc1cc2c(NC3CCCCC3)cccc2n1CC(F)(F)P. The van der Waals surface area contributed by atoms with Crippen LogP contribution in [0, 0.1) is 11.8 Å². The van der Waals surface area contributed by atoms with Gasteiger partial charge in [0.2, 0.25) is 0 Å². The minimum atomic E-state index is -2.93. The Morgan fingerprint density at radius 2 is 1.94 bits per heavy atom. The van der Waals surface area contributed by atoms with Crippen LogP contribution in [0.3, 0.4) is 0 Å². The van der Waals surface area contributed by atoms with Crippen LogP contribution in [0.2, 0.25) is 0 Å². The van der Waals surface area contributed by atoms with Crippen molar-refractivity contribution < 1.29 is 13.5 Å². The number of ether oxygens (including phenoxy) is 1. The van der Waals surface area contributed by atoms with Crippen LogP contribution in [0.4, 0.5) is 20.2 Å². The minimum absolute atomic E-state index is 0.362. The van der Waals surface area contributed by atoms with Crippen molar-refractivity contribution in [3.63, 3.8) is 0 Å². The summed E-state index contributed by atoms with van der Waals surface area (Å²) in [5, 5.41) is 7.86. The Labute approximate surface area is 212 Å². The van der Waals surface area contributed by atoms with Gasteiger partial charge >= 0.3 is 0 Å². The van der Waals surface area contributed by atoms with Crippen LogP contribution >= 0.6 is 21.0 Å². The van der Waals surface area contributed by atoms with Crippen LogP contribution in [-0.2, 0) is 6.54 Å². The smallest absolute Gasteiger partial charge is 0.276 e. The molecule has 0 radical (unpaired) electrons. The molecule has 4 rings (SSSR count). The molecule has 1 aliphatic rings. The summed E-state index contributed by atoms with van der Waals surface area (Å²) in [7, 11) is 3.28. The highest BCUT2D eigenvalue weighted by Crippen LogP contribution is 2.33. The first-order valence-electron chi connectivity index (χ1n) is 11.9. The first-order valence-corrected chi connectivity index (χ1v) is 13.7. The van der Waals surface area contributed by atoms with Crippen LogP contribution < -0.4 is 15.4 Å². The number of anilines is 2. The Hall–Kier alpha value is -2.42. The molecule has 0 amide bonds. The Morgan fingerprint density at radius 1 is 1.14 bits per heavy atom. The molecule has 1 fully saturated rings. The third-order valence-corrected chi connectivity index (χ3v) is 7.18. The van der Waals surface area contributed by atoms with E-state index in [1.165, 1.54) is 19.3 Å². The van der Waals surface area contributed by atoms with Crippen LogP contribution in [-0.4, -0.2) is 36.2 Å². The summed E-state index contributed by atoms with van der Waals surface area (Å²) in [6, 6.07) is 14.1. The molecule has 1 atom stereocenters. The van der Waals surface area contributed by atoms with E-state index in [-0.39, 0.29) is 0 Å². The van der Waals surface area contributed by atoms with Crippen molar-refractivity contribution >= 4 is 43.3 Å².